The highest BCUT2D eigenvalue weighted by Gasteiger charge is 2.78. The third kappa shape index (κ3) is 4.96. The van der Waals surface area contributed by atoms with Crippen molar-refractivity contribution in [2.75, 3.05) is 19.0 Å². The van der Waals surface area contributed by atoms with E-state index in [1.54, 1.807) is 20.8 Å². The van der Waals surface area contributed by atoms with Gasteiger partial charge in [-0.3, -0.25) is 14.4 Å². The van der Waals surface area contributed by atoms with Crippen LogP contribution >= 0.6 is 11.8 Å². The molecule has 0 spiro atoms. The van der Waals surface area contributed by atoms with Gasteiger partial charge in [-0.2, -0.15) is 0 Å². The fraction of sp³-hybridized carbons (Fsp3) is 0.611. The van der Waals surface area contributed by atoms with Crippen LogP contribution in [0.2, 0.25) is 0 Å². The van der Waals surface area contributed by atoms with Crippen LogP contribution in [-0.4, -0.2) is 70.3 Å². The summed E-state index contributed by atoms with van der Waals surface area (Å²) in [6, 6.07) is 3.81. The van der Waals surface area contributed by atoms with E-state index >= 15 is 8.78 Å². The lowest BCUT2D eigenvalue weighted by molar-refractivity contribution is -0.229. The van der Waals surface area contributed by atoms with Gasteiger partial charge in [0.25, 0.3) is 0 Å². The molecule has 3 fully saturated rings. The molecule has 250 valence electrons. The molecular weight excluding hydrogens is 614 g/mol. The molecule has 0 bridgehead atoms. The van der Waals surface area contributed by atoms with Crippen LogP contribution in [0.5, 0.6) is 0 Å². The molecule has 4 aliphatic rings. The third-order valence-electron chi connectivity index (χ3n) is 11.5. The van der Waals surface area contributed by atoms with Gasteiger partial charge in [-0.05, 0) is 88.7 Å². The number of hydrogen-bond donors (Lipinski definition) is 1. The van der Waals surface area contributed by atoms with Gasteiger partial charge in [-0.15, -0.1) is 0 Å². The van der Waals surface area contributed by atoms with Gasteiger partial charge >= 0.3 is 5.97 Å². The maximum absolute atomic E-state index is 17.7. The van der Waals surface area contributed by atoms with Crippen molar-refractivity contribution in [3.05, 3.63) is 58.2 Å². The molecule has 3 saturated carbocycles. The number of carbonyl (C=O) groups is 4. The number of halogens is 2. The van der Waals surface area contributed by atoms with Gasteiger partial charge in [0.1, 0.15) is 12.8 Å². The summed E-state index contributed by atoms with van der Waals surface area (Å²) in [5.41, 5.74) is -3.95. The van der Waals surface area contributed by atoms with Crippen LogP contribution in [0.25, 0.3) is 0 Å². The Morgan fingerprint density at radius 3 is 2.37 bits per heavy atom. The van der Waals surface area contributed by atoms with Crippen molar-refractivity contribution in [3.63, 3.8) is 0 Å². The fourth-order valence-corrected chi connectivity index (χ4v) is 10.6. The summed E-state index contributed by atoms with van der Waals surface area (Å²) >= 11 is 0.755. The molecule has 0 heterocycles. The highest BCUT2D eigenvalue weighted by atomic mass is 32.2. The average molecular weight is 659 g/mol. The number of hydrogen-bond acceptors (Lipinski definition) is 8. The normalized spacial score (nSPS) is 38.0. The van der Waals surface area contributed by atoms with Crippen molar-refractivity contribution in [1.29, 1.82) is 0 Å². The highest BCUT2D eigenvalue weighted by molar-refractivity contribution is 8.14. The van der Waals surface area contributed by atoms with Gasteiger partial charge in [-0.1, -0.05) is 49.4 Å². The number of alkyl halides is 2. The van der Waals surface area contributed by atoms with E-state index in [0.29, 0.717) is 5.56 Å². The molecule has 4 aliphatic carbocycles. The maximum atomic E-state index is 17.7. The summed E-state index contributed by atoms with van der Waals surface area (Å²) in [6.45, 7) is 12.1. The van der Waals surface area contributed by atoms with E-state index in [1.165, 1.54) is 19.1 Å². The number of rotatable bonds is 8. The first kappa shape index (κ1) is 34.6. The van der Waals surface area contributed by atoms with Crippen molar-refractivity contribution in [3.8, 4) is 0 Å². The summed E-state index contributed by atoms with van der Waals surface area (Å²) in [4.78, 5) is 53.4. The van der Waals surface area contributed by atoms with Crippen molar-refractivity contribution < 1.29 is 42.5 Å². The fourth-order valence-electron chi connectivity index (χ4n) is 9.54. The van der Waals surface area contributed by atoms with E-state index < -0.39 is 75.6 Å². The van der Waals surface area contributed by atoms with Crippen LogP contribution in [0.1, 0.15) is 74.0 Å². The number of allylic oxidation sites excluding steroid dienone is 4. The quantitative estimate of drug-likeness (QED) is 0.270. The lowest BCUT2D eigenvalue weighted by Crippen LogP contribution is -2.70. The van der Waals surface area contributed by atoms with Crippen LogP contribution in [-0.2, 0) is 23.9 Å². The standard InChI is InChI=1S/C36H44F2O7S/c1-8-44-17-30(42)45-36(32(43)46-18-28(40)31-20(3)11-19(2)12-21(31)4)22(5)13-24-25-15-27(37)26-14-23(39)9-10-33(26,6)35(25,38)29(41)16-34(24,36)7/h9-12,14,22,24-25,27,29,41H,8,13,15-18H2,1-7H3/t22-,24+,25+,27+,29+,33+,34+,35+,36+/m1/s1. The van der Waals surface area contributed by atoms with Crippen molar-refractivity contribution in [2.45, 2.75) is 91.3 Å². The lowest BCUT2D eigenvalue weighted by atomic mass is 9.44. The lowest BCUT2D eigenvalue weighted by Gasteiger charge is -2.63. The van der Waals surface area contributed by atoms with E-state index in [-0.39, 0.29) is 43.0 Å². The van der Waals surface area contributed by atoms with Crippen LogP contribution < -0.4 is 0 Å². The molecule has 1 aromatic carbocycles. The first-order valence-corrected chi connectivity index (χ1v) is 17.0. The first-order chi connectivity index (χ1) is 21.5. The Balaban J connectivity index is 1.55. The van der Waals surface area contributed by atoms with E-state index in [1.807, 2.05) is 32.9 Å². The first-order valence-electron chi connectivity index (χ1n) is 16.0. The van der Waals surface area contributed by atoms with E-state index in [0.717, 1.165) is 34.5 Å². The number of aliphatic hydroxyl groups is 1. The topological polar surface area (TPSA) is 107 Å². The summed E-state index contributed by atoms with van der Waals surface area (Å²) in [6.07, 6.45) is 0.0717. The Morgan fingerprint density at radius 2 is 1.74 bits per heavy atom. The van der Waals surface area contributed by atoms with Crippen LogP contribution in [0.4, 0.5) is 8.78 Å². The molecule has 7 nitrogen and oxygen atoms in total. The number of carbonyl (C=O) groups excluding carboxylic acids is 4. The minimum atomic E-state index is -2.35. The second-order valence-corrected chi connectivity index (χ2v) is 15.1. The molecule has 9 atom stereocenters. The number of aryl methyl sites for hydroxylation is 3. The van der Waals surface area contributed by atoms with Gasteiger partial charge in [-0.25, -0.2) is 13.6 Å². The summed E-state index contributed by atoms with van der Waals surface area (Å²) < 4.78 is 45.1. The minimum absolute atomic E-state index is 0.00805. The highest BCUT2D eigenvalue weighted by Crippen LogP contribution is 2.72. The Morgan fingerprint density at radius 1 is 1.09 bits per heavy atom. The molecule has 0 unspecified atom stereocenters. The van der Waals surface area contributed by atoms with E-state index in [4.69, 9.17) is 9.47 Å². The zero-order valence-electron chi connectivity index (χ0n) is 27.6. The molecule has 0 radical (unpaired) electrons. The third-order valence-corrected chi connectivity index (χ3v) is 12.4. The number of esters is 1. The number of benzene rings is 1. The molecule has 5 rings (SSSR count). The van der Waals surface area contributed by atoms with E-state index in [2.05, 4.69) is 0 Å². The molecule has 0 aromatic heterocycles. The predicted octanol–water partition coefficient (Wildman–Crippen LogP) is 5.94. The SMILES string of the molecule is CCOCC(=O)O[C@]1(C(=O)SCC(=O)c2c(C)cc(C)cc2C)[C@H](C)C[C@H]2[C@@H]3C[C@H](F)C4=CC(=O)C=C[C@]4(C)[C@@]3(F)[C@@H](O)C[C@@]21C. The van der Waals surface area contributed by atoms with Gasteiger partial charge < -0.3 is 14.6 Å². The van der Waals surface area contributed by atoms with Crippen molar-refractivity contribution in [2.24, 2.45) is 28.6 Å². The predicted molar refractivity (Wildman–Crippen MR) is 171 cm³/mol. The monoisotopic (exact) mass is 658 g/mol. The van der Waals surface area contributed by atoms with Gasteiger partial charge in [0, 0.05) is 34.8 Å². The van der Waals surface area contributed by atoms with Crippen molar-refractivity contribution >= 4 is 34.4 Å². The number of Topliss-reactive ketones (excluding diaryl/α,β-unsaturated/α-hetero) is 1. The molecule has 1 N–H and O–H groups in total. The Bertz CT molecular complexity index is 1510. The smallest absolute Gasteiger partial charge is 0.333 e. The number of fused-ring (bicyclic) bond motifs is 5. The largest absolute Gasteiger partial charge is 0.447 e. The maximum Gasteiger partial charge on any atom is 0.333 e. The summed E-state index contributed by atoms with van der Waals surface area (Å²) in [7, 11) is 0. The Kier molecular flexibility index (Phi) is 9.10. The molecule has 0 amide bonds. The molecule has 10 heteroatoms. The zero-order chi connectivity index (χ0) is 34.0. The average Bonchev–Trinajstić information content (AvgIpc) is 3.19. The van der Waals surface area contributed by atoms with Crippen LogP contribution in [0.3, 0.4) is 0 Å². The number of aliphatic hydroxyl groups excluding tert-OH is 1. The molecule has 0 aliphatic heterocycles. The molecule has 1 aromatic rings. The second kappa shape index (κ2) is 12.1. The van der Waals surface area contributed by atoms with Gasteiger partial charge in [0.2, 0.25) is 5.12 Å². The Hall–Kier alpha value is -2.69. The van der Waals surface area contributed by atoms with Crippen LogP contribution in [0, 0.1) is 49.4 Å². The van der Waals surface area contributed by atoms with Crippen LogP contribution in [0.15, 0.2) is 35.9 Å². The molecular formula is C36H44F2O7S. The molecule has 46 heavy (non-hydrogen) atoms. The number of thioether (sulfide) groups is 1. The summed E-state index contributed by atoms with van der Waals surface area (Å²) in [5, 5.41) is 11.2. The second-order valence-electron chi connectivity index (χ2n) is 14.1. The summed E-state index contributed by atoms with van der Waals surface area (Å²) in [5.74, 6) is -4.05. The minimum Gasteiger partial charge on any atom is -0.447 e. The van der Waals surface area contributed by atoms with Crippen molar-refractivity contribution in [1.82, 2.24) is 0 Å². The molecule has 0 saturated heterocycles. The van der Waals surface area contributed by atoms with Gasteiger partial charge in [0.15, 0.2) is 22.8 Å². The zero-order valence-corrected chi connectivity index (χ0v) is 28.4. The van der Waals surface area contributed by atoms with Gasteiger partial charge in [0.05, 0.1) is 11.9 Å². The Labute approximate surface area is 273 Å². The number of ether oxygens (including phenoxy) is 2. The number of ketones is 2. The van der Waals surface area contributed by atoms with E-state index in [9.17, 15) is 24.3 Å².